The largest absolute Gasteiger partial charge is 0.366 e. The first-order chi connectivity index (χ1) is 8.66. The van der Waals surface area contributed by atoms with Gasteiger partial charge in [-0.3, -0.25) is 0 Å². The van der Waals surface area contributed by atoms with Crippen LogP contribution in [-0.4, -0.2) is 17.0 Å². The topological polar surface area (TPSA) is 38.7 Å². The monoisotopic (exact) mass is 274 g/mol. The van der Waals surface area contributed by atoms with Gasteiger partial charge in [0.05, 0.1) is 5.60 Å². The first-order valence-corrected chi connectivity index (χ1v) is 7.69. The second-order valence-electron chi connectivity index (χ2n) is 7.30. The van der Waals surface area contributed by atoms with Crippen LogP contribution in [0.5, 0.6) is 0 Å². The number of rotatable bonds is 10. The summed E-state index contributed by atoms with van der Waals surface area (Å²) in [6.45, 7) is 12.8. The van der Waals surface area contributed by atoms with E-state index in [1.807, 2.05) is 13.8 Å². The maximum Gasteiger partial charge on any atom is 0.188 e. The van der Waals surface area contributed by atoms with Crippen LogP contribution in [0.4, 0.5) is 0 Å². The van der Waals surface area contributed by atoms with E-state index in [4.69, 9.17) is 9.78 Å². The minimum atomic E-state index is -0.800. The highest BCUT2D eigenvalue weighted by atomic mass is 17.2. The average Bonchev–Trinajstić information content (AvgIpc) is 2.24. The first kappa shape index (κ1) is 18.9. The molecule has 0 aromatic heterocycles. The van der Waals surface area contributed by atoms with Crippen LogP contribution in [-0.2, 0) is 9.78 Å². The maximum absolute atomic E-state index is 9.69. The highest BCUT2D eigenvalue weighted by molar-refractivity contribution is 4.64. The summed E-state index contributed by atoms with van der Waals surface area (Å²) in [6, 6.07) is 0. The van der Waals surface area contributed by atoms with Crippen LogP contribution >= 0.6 is 0 Å². The minimum absolute atomic E-state index is 0.317. The van der Waals surface area contributed by atoms with Gasteiger partial charge in [0, 0.05) is 6.42 Å². The Morgan fingerprint density at radius 3 is 2.11 bits per heavy atom. The van der Waals surface area contributed by atoms with E-state index in [1.54, 1.807) is 0 Å². The molecular formula is C16H34O3. The van der Waals surface area contributed by atoms with E-state index in [1.165, 1.54) is 12.8 Å². The Bertz CT molecular complexity index is 219. The molecule has 0 aromatic rings. The van der Waals surface area contributed by atoms with Crippen molar-refractivity contribution in [3.8, 4) is 0 Å². The molecule has 0 radical (unpaired) electrons. The summed E-state index contributed by atoms with van der Waals surface area (Å²) in [5, 5.41) is 9.69. The lowest BCUT2D eigenvalue weighted by Gasteiger charge is -2.24. The van der Waals surface area contributed by atoms with Gasteiger partial charge < -0.3 is 5.11 Å². The van der Waals surface area contributed by atoms with Crippen LogP contribution in [0.25, 0.3) is 0 Å². The number of hydrogen-bond acceptors (Lipinski definition) is 3. The summed E-state index contributed by atoms with van der Waals surface area (Å²) in [5.41, 5.74) is 0.0877. The standard InChI is InChI=1S/C16H34O3/c1-7-12-16(5,6)19-18-14(17)11-9-8-10-13-15(2,3)4/h14,17H,7-13H2,1-6H3. The van der Waals surface area contributed by atoms with Crippen molar-refractivity contribution >= 4 is 0 Å². The number of aliphatic hydroxyl groups excluding tert-OH is 1. The zero-order chi connectivity index (χ0) is 14.9. The predicted molar refractivity (Wildman–Crippen MR) is 79.7 cm³/mol. The Balaban J connectivity index is 3.57. The zero-order valence-electron chi connectivity index (χ0n) is 13.8. The lowest BCUT2D eigenvalue weighted by Crippen LogP contribution is -2.27. The van der Waals surface area contributed by atoms with Crippen LogP contribution in [0.3, 0.4) is 0 Å². The van der Waals surface area contributed by atoms with E-state index in [0.717, 1.165) is 25.7 Å². The average molecular weight is 274 g/mol. The summed E-state index contributed by atoms with van der Waals surface area (Å²) < 4.78 is 0. The van der Waals surface area contributed by atoms with Gasteiger partial charge in [0.25, 0.3) is 0 Å². The van der Waals surface area contributed by atoms with Gasteiger partial charge in [-0.05, 0) is 38.5 Å². The lowest BCUT2D eigenvalue weighted by molar-refractivity contribution is -0.414. The van der Waals surface area contributed by atoms with Crippen LogP contribution in [0.1, 0.15) is 86.5 Å². The first-order valence-electron chi connectivity index (χ1n) is 7.69. The van der Waals surface area contributed by atoms with Crippen molar-refractivity contribution in [2.24, 2.45) is 5.41 Å². The molecule has 0 rings (SSSR count). The Morgan fingerprint density at radius 1 is 0.947 bits per heavy atom. The summed E-state index contributed by atoms with van der Waals surface area (Å²) in [5.74, 6) is 0. The van der Waals surface area contributed by atoms with E-state index in [-0.39, 0.29) is 5.60 Å². The fourth-order valence-corrected chi connectivity index (χ4v) is 2.03. The predicted octanol–water partition coefficient (Wildman–Crippen LogP) is 4.83. The molecule has 0 aliphatic heterocycles. The Kier molecular flexibility index (Phi) is 8.88. The van der Waals surface area contributed by atoms with Crippen LogP contribution in [0, 0.1) is 5.41 Å². The minimum Gasteiger partial charge on any atom is -0.366 e. The van der Waals surface area contributed by atoms with Crippen molar-refractivity contribution in [1.29, 1.82) is 0 Å². The molecule has 0 aliphatic rings. The third-order valence-electron chi connectivity index (χ3n) is 3.11. The van der Waals surface area contributed by atoms with Gasteiger partial charge in [0.15, 0.2) is 6.29 Å². The molecular weight excluding hydrogens is 240 g/mol. The Hall–Kier alpha value is -0.120. The SMILES string of the molecule is CCCC(C)(C)OOC(O)CCCCCC(C)(C)C. The normalized spacial score (nSPS) is 14.7. The quantitative estimate of drug-likeness (QED) is 0.268. The van der Waals surface area contributed by atoms with Gasteiger partial charge in [-0.15, -0.1) is 0 Å². The number of aliphatic hydroxyl groups is 1. The molecule has 1 atom stereocenters. The van der Waals surface area contributed by atoms with Crippen LogP contribution in [0.2, 0.25) is 0 Å². The maximum atomic E-state index is 9.69. The van der Waals surface area contributed by atoms with Crippen molar-refractivity contribution in [3.63, 3.8) is 0 Å². The molecule has 0 spiro atoms. The fraction of sp³-hybridized carbons (Fsp3) is 1.00. The summed E-state index contributed by atoms with van der Waals surface area (Å²) in [4.78, 5) is 10.4. The molecule has 116 valence electrons. The molecule has 0 fully saturated rings. The number of unbranched alkanes of at least 4 members (excludes halogenated alkanes) is 2. The van der Waals surface area contributed by atoms with Crippen molar-refractivity contribution in [3.05, 3.63) is 0 Å². The highest BCUT2D eigenvalue weighted by Gasteiger charge is 2.20. The van der Waals surface area contributed by atoms with E-state index in [2.05, 4.69) is 27.7 Å². The second-order valence-corrected chi connectivity index (χ2v) is 7.30. The third-order valence-corrected chi connectivity index (χ3v) is 3.11. The fourth-order valence-electron chi connectivity index (χ4n) is 2.03. The Morgan fingerprint density at radius 2 is 1.58 bits per heavy atom. The Labute approximate surface area is 119 Å². The molecule has 19 heavy (non-hydrogen) atoms. The van der Waals surface area contributed by atoms with Gasteiger partial charge in [0.2, 0.25) is 0 Å². The third kappa shape index (κ3) is 12.6. The molecule has 0 saturated heterocycles. The molecule has 1 N–H and O–H groups in total. The van der Waals surface area contributed by atoms with Crippen molar-refractivity contribution in [1.82, 2.24) is 0 Å². The van der Waals surface area contributed by atoms with E-state index < -0.39 is 6.29 Å². The highest BCUT2D eigenvalue weighted by Crippen LogP contribution is 2.23. The van der Waals surface area contributed by atoms with Crippen LogP contribution < -0.4 is 0 Å². The summed E-state index contributed by atoms with van der Waals surface area (Å²) in [7, 11) is 0. The van der Waals surface area contributed by atoms with Crippen molar-refractivity contribution in [2.75, 3.05) is 0 Å². The van der Waals surface area contributed by atoms with Crippen molar-refractivity contribution < 1.29 is 14.9 Å². The lowest BCUT2D eigenvalue weighted by atomic mass is 9.89. The molecule has 1 unspecified atom stereocenters. The van der Waals surface area contributed by atoms with Crippen LogP contribution in [0.15, 0.2) is 0 Å². The second kappa shape index (κ2) is 8.93. The summed E-state index contributed by atoms with van der Waals surface area (Å²) >= 11 is 0. The van der Waals surface area contributed by atoms with Crippen molar-refractivity contribution in [2.45, 2.75) is 98.4 Å². The van der Waals surface area contributed by atoms with E-state index >= 15 is 0 Å². The van der Waals surface area contributed by atoms with Gasteiger partial charge in [-0.1, -0.05) is 47.0 Å². The molecule has 0 saturated carbocycles. The van der Waals surface area contributed by atoms with Gasteiger partial charge in [-0.25, -0.2) is 9.78 Å². The van der Waals surface area contributed by atoms with Gasteiger partial charge in [0.1, 0.15) is 0 Å². The molecule has 3 heteroatoms. The molecule has 0 bridgehead atoms. The van der Waals surface area contributed by atoms with E-state index in [0.29, 0.717) is 11.8 Å². The number of hydrogen-bond donors (Lipinski definition) is 1. The zero-order valence-corrected chi connectivity index (χ0v) is 13.8. The molecule has 3 nitrogen and oxygen atoms in total. The van der Waals surface area contributed by atoms with Gasteiger partial charge in [-0.2, -0.15) is 0 Å². The molecule has 0 aliphatic carbocycles. The molecule has 0 heterocycles. The van der Waals surface area contributed by atoms with E-state index in [9.17, 15) is 5.11 Å². The van der Waals surface area contributed by atoms with Gasteiger partial charge >= 0.3 is 0 Å². The molecule has 0 aromatic carbocycles. The summed E-state index contributed by atoms with van der Waals surface area (Å²) in [6.07, 6.45) is 6.36. The smallest absolute Gasteiger partial charge is 0.188 e. The molecule has 0 amide bonds.